The van der Waals surface area contributed by atoms with Gasteiger partial charge in [-0.3, -0.25) is 0 Å². The van der Waals surface area contributed by atoms with E-state index < -0.39 is 0 Å². The molecule has 3 nitrogen and oxygen atoms in total. The summed E-state index contributed by atoms with van der Waals surface area (Å²) in [6.45, 7) is 7.64. The third-order valence-electron chi connectivity index (χ3n) is 3.71. The minimum Gasteiger partial charge on any atom is -0.367 e. The number of nitrogens with zero attached hydrogens (tertiary/aromatic N) is 3. The van der Waals surface area contributed by atoms with Gasteiger partial charge in [-0.2, -0.15) is 5.26 Å². The van der Waals surface area contributed by atoms with E-state index in [9.17, 15) is 0 Å². The second-order valence-corrected chi connectivity index (χ2v) is 5.27. The van der Waals surface area contributed by atoms with Gasteiger partial charge in [-0.25, -0.2) is 0 Å². The average Bonchev–Trinajstić information content (AvgIpc) is 2.50. The fourth-order valence-electron chi connectivity index (χ4n) is 2.71. The third kappa shape index (κ3) is 2.65. The standard InChI is InChI=1S/C15H21N3/c1-12-9-15(6-5-14(12)10-16)18-8-4-7-17(3)11-13(18)2/h5-6,9,13H,4,7-8,11H2,1-3H3. The van der Waals surface area contributed by atoms with Gasteiger partial charge >= 0.3 is 0 Å². The maximum atomic E-state index is 8.98. The smallest absolute Gasteiger partial charge is 0.0994 e. The number of nitriles is 1. The Bertz CT molecular complexity index is 461. The van der Waals surface area contributed by atoms with Crippen molar-refractivity contribution in [2.75, 3.05) is 31.6 Å². The molecule has 0 spiro atoms. The molecule has 1 unspecified atom stereocenters. The van der Waals surface area contributed by atoms with Crippen LogP contribution in [0.3, 0.4) is 0 Å². The predicted octanol–water partition coefficient (Wildman–Crippen LogP) is 2.40. The number of rotatable bonds is 1. The molecule has 2 rings (SSSR count). The lowest BCUT2D eigenvalue weighted by atomic mass is 10.1. The van der Waals surface area contributed by atoms with E-state index in [0.717, 1.165) is 30.8 Å². The van der Waals surface area contributed by atoms with Gasteiger partial charge in [0.05, 0.1) is 11.6 Å². The van der Waals surface area contributed by atoms with Crippen molar-refractivity contribution < 1.29 is 0 Å². The summed E-state index contributed by atoms with van der Waals surface area (Å²) in [5.74, 6) is 0. The van der Waals surface area contributed by atoms with E-state index in [-0.39, 0.29) is 0 Å². The van der Waals surface area contributed by atoms with Crippen LogP contribution < -0.4 is 4.90 Å². The first-order valence-corrected chi connectivity index (χ1v) is 6.57. The van der Waals surface area contributed by atoms with Crippen LogP contribution in [0.1, 0.15) is 24.5 Å². The predicted molar refractivity (Wildman–Crippen MR) is 74.8 cm³/mol. The molecule has 1 fully saturated rings. The van der Waals surface area contributed by atoms with Gasteiger partial charge in [0.15, 0.2) is 0 Å². The zero-order valence-electron chi connectivity index (χ0n) is 11.5. The van der Waals surface area contributed by atoms with E-state index in [2.05, 4.69) is 42.0 Å². The summed E-state index contributed by atoms with van der Waals surface area (Å²) in [6, 6.07) is 8.90. The largest absolute Gasteiger partial charge is 0.367 e. The van der Waals surface area contributed by atoms with Crippen molar-refractivity contribution in [2.24, 2.45) is 0 Å². The van der Waals surface area contributed by atoms with Gasteiger partial charge < -0.3 is 9.80 Å². The molecule has 0 radical (unpaired) electrons. The molecule has 0 aliphatic carbocycles. The first-order valence-electron chi connectivity index (χ1n) is 6.57. The molecule has 1 aromatic rings. The Balaban J connectivity index is 2.25. The van der Waals surface area contributed by atoms with Gasteiger partial charge in [-0.1, -0.05) is 0 Å². The molecule has 3 heteroatoms. The maximum absolute atomic E-state index is 8.98. The highest BCUT2D eigenvalue weighted by molar-refractivity contribution is 5.54. The summed E-state index contributed by atoms with van der Waals surface area (Å²) in [6.07, 6.45) is 1.19. The van der Waals surface area contributed by atoms with Crippen LogP contribution in [0.4, 0.5) is 5.69 Å². The summed E-state index contributed by atoms with van der Waals surface area (Å²) in [5, 5.41) is 8.98. The van der Waals surface area contributed by atoms with Crippen LogP contribution in [-0.4, -0.2) is 37.6 Å². The highest BCUT2D eigenvalue weighted by atomic mass is 15.2. The van der Waals surface area contributed by atoms with Crippen molar-refractivity contribution >= 4 is 5.69 Å². The second kappa shape index (κ2) is 5.41. The molecule has 0 amide bonds. The van der Waals surface area contributed by atoms with Crippen LogP contribution in [0.25, 0.3) is 0 Å². The van der Waals surface area contributed by atoms with E-state index in [0.29, 0.717) is 6.04 Å². The average molecular weight is 243 g/mol. The third-order valence-corrected chi connectivity index (χ3v) is 3.71. The first kappa shape index (κ1) is 12.9. The second-order valence-electron chi connectivity index (χ2n) is 5.27. The Morgan fingerprint density at radius 2 is 2.11 bits per heavy atom. The Morgan fingerprint density at radius 1 is 1.33 bits per heavy atom. The molecule has 0 N–H and O–H groups in total. The maximum Gasteiger partial charge on any atom is 0.0994 e. The van der Waals surface area contributed by atoms with Crippen LogP contribution in [0.2, 0.25) is 0 Å². The Morgan fingerprint density at radius 3 is 2.78 bits per heavy atom. The van der Waals surface area contributed by atoms with Crippen molar-refractivity contribution in [2.45, 2.75) is 26.3 Å². The molecule has 0 bridgehead atoms. The number of hydrogen-bond acceptors (Lipinski definition) is 3. The van der Waals surface area contributed by atoms with E-state index in [1.165, 1.54) is 12.1 Å². The highest BCUT2D eigenvalue weighted by Gasteiger charge is 2.20. The van der Waals surface area contributed by atoms with E-state index in [1.54, 1.807) is 0 Å². The van der Waals surface area contributed by atoms with Crippen LogP contribution in [-0.2, 0) is 0 Å². The molecule has 18 heavy (non-hydrogen) atoms. The molecule has 1 heterocycles. The van der Waals surface area contributed by atoms with Gasteiger partial charge in [0, 0.05) is 24.8 Å². The minimum atomic E-state index is 0.518. The molecular formula is C15H21N3. The summed E-state index contributed by atoms with van der Waals surface area (Å²) < 4.78 is 0. The minimum absolute atomic E-state index is 0.518. The van der Waals surface area contributed by atoms with Crippen LogP contribution >= 0.6 is 0 Å². The van der Waals surface area contributed by atoms with Gasteiger partial charge in [-0.15, -0.1) is 0 Å². The van der Waals surface area contributed by atoms with Gasteiger partial charge in [-0.05, 0) is 57.6 Å². The van der Waals surface area contributed by atoms with Crippen LogP contribution in [0, 0.1) is 18.3 Å². The molecule has 0 aromatic heterocycles. The number of benzene rings is 1. The summed E-state index contributed by atoms with van der Waals surface area (Å²) >= 11 is 0. The molecule has 1 atom stereocenters. The zero-order chi connectivity index (χ0) is 13.1. The molecule has 96 valence electrons. The normalized spacial score (nSPS) is 21.4. The molecule has 1 aromatic carbocycles. The van der Waals surface area contributed by atoms with Crippen molar-refractivity contribution in [1.82, 2.24) is 4.90 Å². The molecule has 1 aliphatic heterocycles. The summed E-state index contributed by atoms with van der Waals surface area (Å²) in [5.41, 5.74) is 3.09. The lowest BCUT2D eigenvalue weighted by Crippen LogP contribution is -2.37. The number of aryl methyl sites for hydroxylation is 1. The van der Waals surface area contributed by atoms with Crippen molar-refractivity contribution in [3.63, 3.8) is 0 Å². The Hall–Kier alpha value is -1.53. The lowest BCUT2D eigenvalue weighted by Gasteiger charge is -2.30. The topological polar surface area (TPSA) is 30.3 Å². The lowest BCUT2D eigenvalue weighted by molar-refractivity contribution is 0.337. The molecule has 0 saturated carbocycles. The number of anilines is 1. The van der Waals surface area contributed by atoms with Crippen LogP contribution in [0.5, 0.6) is 0 Å². The fourth-order valence-corrected chi connectivity index (χ4v) is 2.71. The van der Waals surface area contributed by atoms with Gasteiger partial charge in [0.2, 0.25) is 0 Å². The number of hydrogen-bond donors (Lipinski definition) is 0. The Labute approximate surface area is 110 Å². The highest BCUT2D eigenvalue weighted by Crippen LogP contribution is 2.23. The molecular weight excluding hydrogens is 222 g/mol. The zero-order valence-corrected chi connectivity index (χ0v) is 11.5. The summed E-state index contributed by atoms with van der Waals surface area (Å²) in [7, 11) is 2.18. The van der Waals surface area contributed by atoms with Crippen molar-refractivity contribution in [3.05, 3.63) is 29.3 Å². The quantitative estimate of drug-likeness (QED) is 0.758. The van der Waals surface area contributed by atoms with E-state index >= 15 is 0 Å². The fraction of sp³-hybridized carbons (Fsp3) is 0.533. The van der Waals surface area contributed by atoms with Crippen molar-refractivity contribution in [1.29, 1.82) is 5.26 Å². The SMILES string of the molecule is Cc1cc(N2CCCN(C)CC2C)ccc1C#N. The van der Waals surface area contributed by atoms with Gasteiger partial charge in [0.25, 0.3) is 0 Å². The van der Waals surface area contributed by atoms with Crippen molar-refractivity contribution in [3.8, 4) is 6.07 Å². The van der Waals surface area contributed by atoms with Crippen LogP contribution in [0.15, 0.2) is 18.2 Å². The summed E-state index contributed by atoms with van der Waals surface area (Å²) in [4.78, 5) is 4.85. The first-order chi connectivity index (χ1) is 8.61. The number of likely N-dealkylation sites (N-methyl/N-ethyl adjacent to an activating group) is 1. The Kier molecular flexibility index (Phi) is 3.88. The van der Waals surface area contributed by atoms with E-state index in [4.69, 9.17) is 5.26 Å². The monoisotopic (exact) mass is 243 g/mol. The molecule has 1 saturated heterocycles. The van der Waals surface area contributed by atoms with E-state index in [1.807, 2.05) is 13.0 Å². The van der Waals surface area contributed by atoms with Gasteiger partial charge in [0.1, 0.15) is 0 Å². The molecule has 1 aliphatic rings.